The van der Waals surface area contributed by atoms with Crippen LogP contribution in [0.2, 0.25) is 5.02 Å². The molecule has 1 amide bonds. The van der Waals surface area contributed by atoms with Crippen LogP contribution >= 0.6 is 11.6 Å². The minimum Gasteiger partial charge on any atom is -0.388 e. The number of aliphatic hydroxyl groups excluding tert-OH is 1. The second-order valence-electron chi connectivity index (χ2n) is 7.55. The number of benzene rings is 1. The number of nitrogen functional groups attached to an aromatic ring is 1. The Morgan fingerprint density at radius 1 is 1.16 bits per heavy atom. The fourth-order valence-electron chi connectivity index (χ4n) is 3.58. The molecule has 0 aliphatic heterocycles. The zero-order valence-electron chi connectivity index (χ0n) is 17.7. The Labute approximate surface area is 190 Å². The molecule has 0 saturated heterocycles. The highest BCUT2D eigenvalue weighted by molar-refractivity contribution is 6.30. The van der Waals surface area contributed by atoms with Gasteiger partial charge in [-0.3, -0.25) is 9.78 Å². The summed E-state index contributed by atoms with van der Waals surface area (Å²) in [5, 5.41) is 17.9. The molecular weight excluding hydrogens is 428 g/mol. The highest BCUT2D eigenvalue weighted by atomic mass is 35.5. The molecule has 4 N–H and O–H groups in total. The van der Waals surface area contributed by atoms with E-state index in [4.69, 9.17) is 17.3 Å². The van der Waals surface area contributed by atoms with Gasteiger partial charge in [0.25, 0.3) is 5.91 Å². The summed E-state index contributed by atoms with van der Waals surface area (Å²) in [4.78, 5) is 21.6. The molecule has 164 valence electrons. The van der Waals surface area contributed by atoms with Crippen LogP contribution in [0.1, 0.15) is 39.8 Å². The van der Waals surface area contributed by atoms with Crippen molar-refractivity contribution in [2.75, 3.05) is 12.3 Å². The number of halogens is 1. The summed E-state index contributed by atoms with van der Waals surface area (Å²) in [6.45, 7) is 4.02. The first kappa shape index (κ1) is 21.7. The summed E-state index contributed by atoms with van der Waals surface area (Å²) in [5.41, 5.74) is 10.6. The average molecular weight is 451 g/mol. The zero-order valence-corrected chi connectivity index (χ0v) is 18.5. The first-order valence-corrected chi connectivity index (χ1v) is 10.5. The van der Waals surface area contributed by atoms with Crippen molar-refractivity contribution in [1.29, 1.82) is 0 Å². The second-order valence-corrected chi connectivity index (χ2v) is 7.99. The van der Waals surface area contributed by atoms with Crippen LogP contribution in [0.4, 0.5) is 5.95 Å². The number of nitrogens with one attached hydrogen (secondary N) is 1. The van der Waals surface area contributed by atoms with E-state index in [1.807, 2.05) is 25.1 Å². The van der Waals surface area contributed by atoms with Crippen molar-refractivity contribution in [2.24, 2.45) is 0 Å². The minimum atomic E-state index is -0.692. The van der Waals surface area contributed by atoms with Gasteiger partial charge >= 0.3 is 0 Å². The number of pyridine rings is 2. The lowest BCUT2D eigenvalue weighted by Gasteiger charge is -2.14. The van der Waals surface area contributed by atoms with E-state index in [1.165, 1.54) is 0 Å². The normalized spacial score (nSPS) is 12.1. The number of carbonyl (C=O) groups excluding carboxylic acids is 1. The molecule has 0 spiro atoms. The number of hydrogen-bond donors (Lipinski definition) is 3. The molecule has 1 aromatic carbocycles. The van der Waals surface area contributed by atoms with Crippen LogP contribution in [0.5, 0.6) is 0 Å². The van der Waals surface area contributed by atoms with Crippen molar-refractivity contribution >= 4 is 29.1 Å². The molecule has 8 nitrogen and oxygen atoms in total. The van der Waals surface area contributed by atoms with Crippen molar-refractivity contribution in [3.8, 4) is 11.1 Å². The maximum absolute atomic E-state index is 12.8. The summed E-state index contributed by atoms with van der Waals surface area (Å²) in [6.07, 6.45) is 1.46. The molecule has 0 aliphatic rings. The van der Waals surface area contributed by atoms with Crippen molar-refractivity contribution < 1.29 is 9.90 Å². The largest absolute Gasteiger partial charge is 0.388 e. The van der Waals surface area contributed by atoms with Crippen molar-refractivity contribution in [1.82, 2.24) is 24.9 Å². The Balaban J connectivity index is 1.50. The van der Waals surface area contributed by atoms with Crippen LogP contribution in [0.15, 0.2) is 48.7 Å². The van der Waals surface area contributed by atoms with Gasteiger partial charge in [0.1, 0.15) is 0 Å². The van der Waals surface area contributed by atoms with E-state index in [2.05, 4.69) is 20.4 Å². The minimum absolute atomic E-state index is 0.196. The topological polar surface area (TPSA) is 118 Å². The zero-order chi connectivity index (χ0) is 22.8. The van der Waals surface area contributed by atoms with Crippen LogP contribution in [-0.2, 0) is 0 Å². The van der Waals surface area contributed by atoms with Gasteiger partial charge in [-0.2, -0.15) is 4.98 Å². The Morgan fingerprint density at radius 3 is 2.66 bits per heavy atom. The summed E-state index contributed by atoms with van der Waals surface area (Å²) in [6, 6.07) is 12.6. The van der Waals surface area contributed by atoms with Crippen LogP contribution in [-0.4, -0.2) is 37.1 Å². The monoisotopic (exact) mass is 450 g/mol. The van der Waals surface area contributed by atoms with E-state index >= 15 is 0 Å². The fourth-order valence-corrected chi connectivity index (χ4v) is 3.71. The lowest BCUT2D eigenvalue weighted by Crippen LogP contribution is -2.26. The molecule has 3 heterocycles. The maximum atomic E-state index is 12.8. The van der Waals surface area contributed by atoms with Crippen molar-refractivity contribution in [2.45, 2.75) is 26.4 Å². The van der Waals surface area contributed by atoms with Crippen LogP contribution in [0.25, 0.3) is 16.8 Å². The third kappa shape index (κ3) is 4.56. The molecule has 0 radical (unpaired) electrons. The number of hydrogen-bond acceptors (Lipinski definition) is 6. The number of aliphatic hydroxyl groups is 1. The van der Waals surface area contributed by atoms with E-state index in [9.17, 15) is 9.90 Å². The lowest BCUT2D eigenvalue weighted by atomic mass is 10.0. The summed E-state index contributed by atoms with van der Waals surface area (Å²) >= 11 is 5.88. The molecule has 32 heavy (non-hydrogen) atoms. The molecule has 4 rings (SSSR count). The Kier molecular flexibility index (Phi) is 6.07. The first-order chi connectivity index (χ1) is 15.3. The predicted octanol–water partition coefficient (Wildman–Crippen LogP) is 3.50. The van der Waals surface area contributed by atoms with Gasteiger partial charge in [-0.25, -0.2) is 4.52 Å². The third-order valence-corrected chi connectivity index (χ3v) is 5.52. The van der Waals surface area contributed by atoms with Crippen LogP contribution < -0.4 is 11.1 Å². The van der Waals surface area contributed by atoms with Gasteiger partial charge in [-0.05, 0) is 61.7 Å². The molecule has 1 atom stereocenters. The van der Waals surface area contributed by atoms with Gasteiger partial charge in [0.05, 0.1) is 17.4 Å². The fraction of sp³-hybridized carbons (Fsp3) is 0.217. The van der Waals surface area contributed by atoms with Gasteiger partial charge in [-0.1, -0.05) is 23.7 Å². The average Bonchev–Trinajstić information content (AvgIpc) is 3.13. The van der Waals surface area contributed by atoms with Gasteiger partial charge < -0.3 is 16.2 Å². The number of nitrogens with zero attached hydrogens (tertiary/aromatic N) is 4. The molecule has 0 fully saturated rings. The molecule has 9 heteroatoms. The molecular formula is C23H23ClN6O2. The SMILES string of the molecule is Cc1nc(C)c(-c2ccn3nc(N)nc3c2)cc1C(=O)NCC[C@@H](O)c1ccc(Cl)cc1. The molecule has 3 aromatic heterocycles. The highest BCUT2D eigenvalue weighted by Crippen LogP contribution is 2.26. The number of carbonyl (C=O) groups is 1. The first-order valence-electron chi connectivity index (χ1n) is 10.1. The molecule has 0 saturated carbocycles. The highest BCUT2D eigenvalue weighted by Gasteiger charge is 2.16. The summed E-state index contributed by atoms with van der Waals surface area (Å²) in [7, 11) is 0. The number of rotatable bonds is 6. The van der Waals surface area contributed by atoms with Gasteiger partial charge in [0.15, 0.2) is 5.65 Å². The second kappa shape index (κ2) is 8.94. The number of nitrogens with two attached hydrogens (primary N) is 1. The van der Waals surface area contributed by atoms with E-state index < -0.39 is 6.10 Å². The number of anilines is 1. The number of amides is 1. The molecule has 0 unspecified atom stereocenters. The van der Waals surface area contributed by atoms with Crippen LogP contribution in [0, 0.1) is 13.8 Å². The van der Waals surface area contributed by atoms with Crippen molar-refractivity contribution in [3.63, 3.8) is 0 Å². The molecule has 4 aromatic rings. The Hall–Kier alpha value is -3.49. The number of aryl methyl sites for hydroxylation is 2. The van der Waals surface area contributed by atoms with Gasteiger partial charge in [-0.15, -0.1) is 5.10 Å². The lowest BCUT2D eigenvalue weighted by molar-refractivity contribution is 0.0941. The van der Waals surface area contributed by atoms with E-state index in [1.54, 1.807) is 41.9 Å². The van der Waals surface area contributed by atoms with Gasteiger partial charge in [0.2, 0.25) is 5.95 Å². The van der Waals surface area contributed by atoms with Gasteiger partial charge in [0, 0.05) is 29.0 Å². The number of aromatic nitrogens is 4. The number of fused-ring (bicyclic) bond motifs is 1. The Morgan fingerprint density at radius 2 is 1.91 bits per heavy atom. The van der Waals surface area contributed by atoms with Crippen molar-refractivity contribution in [3.05, 3.63) is 76.2 Å². The van der Waals surface area contributed by atoms with Crippen LogP contribution in [0.3, 0.4) is 0 Å². The standard InChI is InChI=1S/C23H23ClN6O2/c1-13-18(16-8-10-30-21(11-16)28-23(25)29-30)12-19(14(2)27-13)22(32)26-9-7-20(31)15-3-5-17(24)6-4-15/h3-6,8,10-12,20,31H,7,9H2,1-2H3,(H2,25,29)(H,26,32)/t20-/m1/s1. The molecule has 0 aliphatic carbocycles. The summed E-state index contributed by atoms with van der Waals surface area (Å²) < 4.78 is 1.59. The van der Waals surface area contributed by atoms with E-state index in [0.717, 1.165) is 22.4 Å². The molecule has 0 bridgehead atoms. The maximum Gasteiger partial charge on any atom is 0.253 e. The van der Waals surface area contributed by atoms with E-state index in [0.29, 0.717) is 34.9 Å². The van der Waals surface area contributed by atoms with E-state index in [-0.39, 0.29) is 11.9 Å². The smallest absolute Gasteiger partial charge is 0.253 e. The quantitative estimate of drug-likeness (QED) is 0.413. The third-order valence-electron chi connectivity index (χ3n) is 5.27. The summed E-state index contributed by atoms with van der Waals surface area (Å²) in [5.74, 6) is -0.0471. The predicted molar refractivity (Wildman–Crippen MR) is 123 cm³/mol. The Bertz CT molecular complexity index is 1290.